The normalized spacial score (nSPS) is 33.5. The van der Waals surface area contributed by atoms with Crippen molar-refractivity contribution in [3.8, 4) is 11.8 Å². The van der Waals surface area contributed by atoms with Crippen molar-refractivity contribution in [2.45, 2.75) is 115 Å². The van der Waals surface area contributed by atoms with E-state index < -0.39 is 5.60 Å². The van der Waals surface area contributed by atoms with Gasteiger partial charge in [-0.3, -0.25) is 0 Å². The highest BCUT2D eigenvalue weighted by Gasteiger charge is 2.50. The molecule has 132 valence electrons. The van der Waals surface area contributed by atoms with Gasteiger partial charge in [-0.15, -0.1) is 5.92 Å². The first-order chi connectivity index (χ1) is 11.3. The second-order valence-corrected chi connectivity index (χ2v) is 8.01. The fraction of sp³-hybridized carbons (Fsp3) is 0.909. The topological polar surface area (TPSA) is 20.2 Å². The van der Waals surface area contributed by atoms with Crippen molar-refractivity contribution in [1.29, 1.82) is 0 Å². The summed E-state index contributed by atoms with van der Waals surface area (Å²) in [5.41, 5.74) is -0.668. The molecule has 0 aromatic carbocycles. The van der Waals surface area contributed by atoms with Gasteiger partial charge in [0, 0.05) is 12.3 Å². The molecule has 0 spiro atoms. The Morgan fingerprint density at radius 2 is 1.52 bits per heavy atom. The first-order valence-electron chi connectivity index (χ1n) is 10.5. The van der Waals surface area contributed by atoms with Gasteiger partial charge in [-0.1, -0.05) is 83.5 Å². The van der Waals surface area contributed by atoms with Crippen LogP contribution in [0.1, 0.15) is 110 Å². The Morgan fingerprint density at radius 1 is 0.913 bits per heavy atom. The van der Waals surface area contributed by atoms with Gasteiger partial charge in [0.1, 0.15) is 5.60 Å². The van der Waals surface area contributed by atoms with Gasteiger partial charge in [0.15, 0.2) is 0 Å². The first-order valence-corrected chi connectivity index (χ1v) is 10.5. The summed E-state index contributed by atoms with van der Waals surface area (Å²) in [6.07, 6.45) is 20.4. The van der Waals surface area contributed by atoms with Crippen molar-refractivity contribution >= 4 is 0 Å². The summed E-state index contributed by atoms with van der Waals surface area (Å²) in [6.45, 7) is 2.21. The number of hydrogen-bond acceptors (Lipinski definition) is 1. The van der Waals surface area contributed by atoms with Crippen LogP contribution in [0.4, 0.5) is 0 Å². The van der Waals surface area contributed by atoms with Crippen LogP contribution in [0.2, 0.25) is 0 Å². The number of fused-ring (bicyclic) bond motifs is 1. The fourth-order valence-corrected chi connectivity index (χ4v) is 4.19. The predicted octanol–water partition coefficient (Wildman–Crippen LogP) is 6.24. The van der Waals surface area contributed by atoms with E-state index in [0.29, 0.717) is 5.92 Å². The van der Waals surface area contributed by atoms with E-state index in [1.807, 2.05) is 0 Å². The van der Waals surface area contributed by atoms with Crippen LogP contribution >= 0.6 is 0 Å². The molecule has 0 aromatic rings. The maximum Gasteiger partial charge on any atom is 0.128 e. The standard InChI is InChI=1S/C22H38O/c1-2-3-4-14-17-22(23)18-15-12-10-8-6-5-7-9-11-13-16-20-19-21(20)22/h20-21,23H,2-13,15-16,18-19H2,1H3/t20-,21+,22-/m1/s1. The van der Waals surface area contributed by atoms with Crippen molar-refractivity contribution in [1.82, 2.24) is 0 Å². The van der Waals surface area contributed by atoms with E-state index in [4.69, 9.17) is 0 Å². The molecule has 2 fully saturated rings. The fourth-order valence-electron chi connectivity index (χ4n) is 4.19. The van der Waals surface area contributed by atoms with Gasteiger partial charge in [0.2, 0.25) is 0 Å². The van der Waals surface area contributed by atoms with Crippen LogP contribution in [0.3, 0.4) is 0 Å². The van der Waals surface area contributed by atoms with Gasteiger partial charge in [0.25, 0.3) is 0 Å². The molecule has 0 amide bonds. The van der Waals surface area contributed by atoms with Crippen LogP contribution in [-0.2, 0) is 0 Å². The number of hydrogen-bond donors (Lipinski definition) is 1. The minimum absolute atomic E-state index is 0.474. The Balaban J connectivity index is 1.89. The average molecular weight is 319 g/mol. The van der Waals surface area contributed by atoms with Crippen LogP contribution in [0.5, 0.6) is 0 Å². The summed E-state index contributed by atoms with van der Waals surface area (Å²) in [5, 5.41) is 11.2. The molecule has 2 aliphatic rings. The Hall–Kier alpha value is -0.480. The third-order valence-electron chi connectivity index (χ3n) is 5.88. The van der Waals surface area contributed by atoms with E-state index >= 15 is 0 Å². The Bertz CT molecular complexity index is 377. The quantitative estimate of drug-likeness (QED) is 0.472. The number of rotatable bonds is 2. The van der Waals surface area contributed by atoms with Crippen molar-refractivity contribution in [3.63, 3.8) is 0 Å². The van der Waals surface area contributed by atoms with Crippen molar-refractivity contribution in [2.75, 3.05) is 0 Å². The van der Waals surface area contributed by atoms with Crippen LogP contribution in [-0.4, -0.2) is 10.7 Å². The zero-order valence-electron chi connectivity index (χ0n) is 15.4. The third-order valence-corrected chi connectivity index (χ3v) is 5.88. The lowest BCUT2D eigenvalue weighted by Crippen LogP contribution is -2.30. The van der Waals surface area contributed by atoms with E-state index in [9.17, 15) is 5.11 Å². The molecule has 0 aliphatic heterocycles. The van der Waals surface area contributed by atoms with E-state index in [0.717, 1.165) is 31.6 Å². The molecule has 0 bridgehead atoms. The van der Waals surface area contributed by atoms with Gasteiger partial charge in [-0.25, -0.2) is 0 Å². The van der Waals surface area contributed by atoms with Crippen LogP contribution in [0.15, 0.2) is 0 Å². The van der Waals surface area contributed by atoms with Gasteiger partial charge < -0.3 is 5.11 Å². The Labute approximate surface area is 144 Å². The minimum atomic E-state index is -0.668. The molecule has 3 atom stereocenters. The summed E-state index contributed by atoms with van der Waals surface area (Å²) >= 11 is 0. The summed E-state index contributed by atoms with van der Waals surface area (Å²) in [6, 6.07) is 0. The molecular weight excluding hydrogens is 280 g/mol. The lowest BCUT2D eigenvalue weighted by molar-refractivity contribution is 0.0591. The molecule has 0 saturated heterocycles. The van der Waals surface area contributed by atoms with Crippen LogP contribution in [0, 0.1) is 23.7 Å². The lowest BCUT2D eigenvalue weighted by atomic mass is 9.89. The Kier molecular flexibility index (Phi) is 8.52. The minimum Gasteiger partial charge on any atom is -0.377 e. The molecular formula is C22H38O. The maximum absolute atomic E-state index is 11.2. The highest BCUT2D eigenvalue weighted by Crippen LogP contribution is 2.51. The van der Waals surface area contributed by atoms with E-state index in [2.05, 4.69) is 18.8 Å². The molecule has 2 aliphatic carbocycles. The third kappa shape index (κ3) is 6.88. The smallest absolute Gasteiger partial charge is 0.128 e. The average Bonchev–Trinajstić information content (AvgIpc) is 3.32. The highest BCUT2D eigenvalue weighted by atomic mass is 16.3. The molecule has 2 rings (SSSR count). The zero-order chi connectivity index (χ0) is 16.4. The van der Waals surface area contributed by atoms with Gasteiger partial charge in [-0.05, 0) is 31.6 Å². The Morgan fingerprint density at radius 3 is 2.17 bits per heavy atom. The molecule has 1 nitrogen and oxygen atoms in total. The van der Waals surface area contributed by atoms with Crippen molar-refractivity contribution in [3.05, 3.63) is 0 Å². The molecule has 1 N–H and O–H groups in total. The molecule has 0 heterocycles. The van der Waals surface area contributed by atoms with E-state index in [-0.39, 0.29) is 0 Å². The summed E-state index contributed by atoms with van der Waals surface area (Å²) in [5.74, 6) is 7.85. The van der Waals surface area contributed by atoms with Crippen molar-refractivity contribution in [2.24, 2.45) is 11.8 Å². The second-order valence-electron chi connectivity index (χ2n) is 8.01. The van der Waals surface area contributed by atoms with Crippen LogP contribution < -0.4 is 0 Å². The van der Waals surface area contributed by atoms with Crippen molar-refractivity contribution < 1.29 is 5.11 Å². The van der Waals surface area contributed by atoms with Gasteiger partial charge >= 0.3 is 0 Å². The van der Waals surface area contributed by atoms with Crippen LogP contribution in [0.25, 0.3) is 0 Å². The van der Waals surface area contributed by atoms with Gasteiger partial charge in [0.05, 0.1) is 0 Å². The lowest BCUT2D eigenvalue weighted by Gasteiger charge is -2.23. The molecule has 0 unspecified atom stereocenters. The maximum atomic E-state index is 11.2. The predicted molar refractivity (Wildman–Crippen MR) is 99.3 cm³/mol. The zero-order valence-corrected chi connectivity index (χ0v) is 15.4. The highest BCUT2D eigenvalue weighted by molar-refractivity contribution is 5.20. The van der Waals surface area contributed by atoms with Gasteiger partial charge in [-0.2, -0.15) is 0 Å². The van der Waals surface area contributed by atoms with E-state index in [1.54, 1.807) is 0 Å². The summed E-state index contributed by atoms with van der Waals surface area (Å²) in [4.78, 5) is 0. The largest absolute Gasteiger partial charge is 0.377 e. The summed E-state index contributed by atoms with van der Waals surface area (Å²) in [7, 11) is 0. The number of aliphatic hydroxyl groups is 1. The monoisotopic (exact) mass is 318 g/mol. The molecule has 0 radical (unpaired) electrons. The molecule has 1 heteroatoms. The second kappa shape index (κ2) is 10.4. The molecule has 0 aromatic heterocycles. The summed E-state index contributed by atoms with van der Waals surface area (Å²) < 4.78 is 0. The first kappa shape index (κ1) is 18.9. The molecule has 23 heavy (non-hydrogen) atoms. The molecule has 2 saturated carbocycles. The van der Waals surface area contributed by atoms with E-state index in [1.165, 1.54) is 77.0 Å². The number of unbranched alkanes of at least 4 members (excludes halogenated alkanes) is 2. The SMILES string of the molecule is CCCCC#C[C@@]1(O)CCCCCCCCCCCC[C@@H]2C[C@@H]21.